The van der Waals surface area contributed by atoms with Crippen LogP contribution in [0.4, 0.5) is 0 Å². The first-order chi connectivity index (χ1) is 9.24. The van der Waals surface area contributed by atoms with Crippen molar-refractivity contribution in [3.63, 3.8) is 0 Å². The maximum absolute atomic E-state index is 6.20. The van der Waals surface area contributed by atoms with Gasteiger partial charge in [-0.05, 0) is 17.7 Å². The molecule has 3 rings (SSSR count). The average molecular weight is 290 g/mol. The molecule has 0 bridgehead atoms. The van der Waals surface area contributed by atoms with Gasteiger partial charge in [-0.15, -0.1) is 11.3 Å². The van der Waals surface area contributed by atoms with Crippen molar-refractivity contribution in [2.24, 2.45) is 5.73 Å². The Morgan fingerprint density at radius 3 is 2.63 bits per heavy atom. The molecule has 0 fully saturated rings. The van der Waals surface area contributed by atoms with Crippen molar-refractivity contribution < 1.29 is 0 Å². The Hall–Kier alpha value is -1.62. The lowest BCUT2D eigenvalue weighted by Gasteiger charge is -2.08. The SMILES string of the molecule is NC(c1ccccc1)c1ncc(-c2ccc(Cl)s2)[nH]1. The van der Waals surface area contributed by atoms with E-state index in [4.69, 9.17) is 17.3 Å². The van der Waals surface area contributed by atoms with Crippen molar-refractivity contribution in [3.8, 4) is 10.6 Å². The van der Waals surface area contributed by atoms with Gasteiger partial charge in [0, 0.05) is 0 Å². The highest BCUT2D eigenvalue weighted by molar-refractivity contribution is 7.19. The Morgan fingerprint density at radius 1 is 1.16 bits per heavy atom. The predicted octanol–water partition coefficient (Wildman–Crippen LogP) is 3.84. The molecule has 0 aliphatic carbocycles. The Bertz CT molecular complexity index is 675. The monoisotopic (exact) mass is 289 g/mol. The first-order valence-electron chi connectivity index (χ1n) is 5.85. The van der Waals surface area contributed by atoms with Gasteiger partial charge in [-0.1, -0.05) is 41.9 Å². The summed E-state index contributed by atoms with van der Waals surface area (Å²) in [5.41, 5.74) is 8.17. The van der Waals surface area contributed by atoms with Crippen LogP contribution in [0.1, 0.15) is 17.4 Å². The molecule has 3 N–H and O–H groups in total. The molecule has 0 aliphatic heterocycles. The lowest BCUT2D eigenvalue weighted by Crippen LogP contribution is -2.13. The number of aromatic nitrogens is 2. The minimum absolute atomic E-state index is 0.245. The van der Waals surface area contributed by atoms with Crippen LogP contribution in [0.25, 0.3) is 10.6 Å². The second-order valence-corrected chi connectivity index (χ2v) is 5.89. The van der Waals surface area contributed by atoms with E-state index in [1.165, 1.54) is 11.3 Å². The van der Waals surface area contributed by atoms with E-state index < -0.39 is 0 Å². The molecular weight excluding hydrogens is 278 g/mol. The number of nitrogens with one attached hydrogen (secondary N) is 1. The molecule has 3 aromatic rings. The molecule has 1 atom stereocenters. The number of rotatable bonds is 3. The van der Waals surface area contributed by atoms with Crippen LogP contribution in [-0.2, 0) is 0 Å². The molecule has 2 aromatic heterocycles. The van der Waals surface area contributed by atoms with Crippen molar-refractivity contribution in [2.45, 2.75) is 6.04 Å². The highest BCUT2D eigenvalue weighted by Gasteiger charge is 2.13. The fraction of sp³-hybridized carbons (Fsp3) is 0.0714. The number of thiophene rings is 1. The van der Waals surface area contributed by atoms with Gasteiger partial charge in [0.25, 0.3) is 0 Å². The number of aromatic amines is 1. The van der Waals surface area contributed by atoms with Crippen LogP contribution in [0.3, 0.4) is 0 Å². The maximum atomic E-state index is 6.20. The lowest BCUT2D eigenvalue weighted by atomic mass is 10.1. The summed E-state index contributed by atoms with van der Waals surface area (Å²) >= 11 is 7.45. The third-order valence-corrected chi connectivity index (χ3v) is 4.15. The van der Waals surface area contributed by atoms with Crippen LogP contribution in [-0.4, -0.2) is 9.97 Å². The van der Waals surface area contributed by atoms with Crippen molar-refractivity contribution in [1.29, 1.82) is 0 Å². The number of hydrogen-bond acceptors (Lipinski definition) is 3. The van der Waals surface area contributed by atoms with E-state index in [0.717, 1.165) is 26.3 Å². The lowest BCUT2D eigenvalue weighted by molar-refractivity contribution is 0.801. The molecule has 0 radical (unpaired) electrons. The van der Waals surface area contributed by atoms with E-state index in [9.17, 15) is 0 Å². The van der Waals surface area contributed by atoms with Crippen molar-refractivity contribution in [1.82, 2.24) is 9.97 Å². The third-order valence-electron chi connectivity index (χ3n) is 2.89. The van der Waals surface area contributed by atoms with Crippen LogP contribution in [0.15, 0.2) is 48.7 Å². The number of nitrogens with two attached hydrogens (primary N) is 1. The van der Waals surface area contributed by atoms with Gasteiger partial charge in [0.15, 0.2) is 0 Å². The topological polar surface area (TPSA) is 54.7 Å². The molecule has 0 saturated carbocycles. The summed E-state index contributed by atoms with van der Waals surface area (Å²) in [4.78, 5) is 8.68. The molecule has 5 heteroatoms. The number of benzene rings is 1. The second kappa shape index (κ2) is 5.17. The standard InChI is InChI=1S/C14H12ClN3S/c15-12-7-6-11(19-12)10-8-17-14(18-10)13(16)9-4-2-1-3-5-9/h1-8,13H,16H2,(H,17,18). The summed E-state index contributed by atoms with van der Waals surface area (Å²) < 4.78 is 0.763. The zero-order valence-corrected chi connectivity index (χ0v) is 11.6. The molecule has 0 saturated heterocycles. The number of hydrogen-bond donors (Lipinski definition) is 2. The molecule has 0 amide bonds. The summed E-state index contributed by atoms with van der Waals surface area (Å²) in [5.74, 6) is 0.755. The normalized spacial score (nSPS) is 12.5. The van der Waals surface area contributed by atoms with Crippen LogP contribution in [0.2, 0.25) is 4.34 Å². The molecule has 1 aromatic carbocycles. The number of imidazole rings is 1. The highest BCUT2D eigenvalue weighted by Crippen LogP contribution is 2.30. The molecular formula is C14H12ClN3S. The Kier molecular flexibility index (Phi) is 3.38. The van der Waals surface area contributed by atoms with Gasteiger partial charge < -0.3 is 10.7 Å². The summed E-state index contributed by atoms with van der Waals surface area (Å²) in [6, 6.07) is 13.5. The van der Waals surface area contributed by atoms with Crippen LogP contribution < -0.4 is 5.73 Å². The van der Waals surface area contributed by atoms with E-state index in [-0.39, 0.29) is 6.04 Å². The van der Waals surface area contributed by atoms with E-state index in [1.54, 1.807) is 6.20 Å². The zero-order chi connectivity index (χ0) is 13.2. The molecule has 3 nitrogen and oxygen atoms in total. The zero-order valence-electron chi connectivity index (χ0n) is 10.0. The van der Waals surface area contributed by atoms with Crippen molar-refractivity contribution >= 4 is 22.9 Å². The maximum Gasteiger partial charge on any atom is 0.128 e. The summed E-state index contributed by atoms with van der Waals surface area (Å²) in [7, 11) is 0. The minimum atomic E-state index is -0.245. The van der Waals surface area contributed by atoms with Gasteiger partial charge in [-0.2, -0.15) is 0 Å². The molecule has 0 aliphatic rings. The Morgan fingerprint density at radius 2 is 1.95 bits per heavy atom. The van der Waals surface area contributed by atoms with Gasteiger partial charge in [-0.25, -0.2) is 4.98 Å². The summed E-state index contributed by atoms with van der Waals surface area (Å²) in [6.45, 7) is 0. The first kappa shape index (κ1) is 12.4. The Balaban J connectivity index is 1.89. The number of H-pyrrole nitrogens is 1. The highest BCUT2D eigenvalue weighted by atomic mass is 35.5. The quantitative estimate of drug-likeness (QED) is 0.770. The first-order valence-corrected chi connectivity index (χ1v) is 7.04. The van der Waals surface area contributed by atoms with Gasteiger partial charge in [0.2, 0.25) is 0 Å². The van der Waals surface area contributed by atoms with Gasteiger partial charge in [0.1, 0.15) is 5.82 Å². The van der Waals surface area contributed by atoms with Crippen LogP contribution in [0, 0.1) is 0 Å². The fourth-order valence-corrected chi connectivity index (χ4v) is 2.91. The van der Waals surface area contributed by atoms with E-state index in [0.29, 0.717) is 0 Å². The molecule has 96 valence electrons. The largest absolute Gasteiger partial charge is 0.340 e. The van der Waals surface area contributed by atoms with Gasteiger partial charge >= 0.3 is 0 Å². The molecule has 1 unspecified atom stereocenters. The average Bonchev–Trinajstić information content (AvgIpc) is 3.07. The smallest absolute Gasteiger partial charge is 0.128 e. The Labute approximate surface area is 120 Å². The summed E-state index contributed by atoms with van der Waals surface area (Å²) in [6.07, 6.45) is 1.79. The molecule has 19 heavy (non-hydrogen) atoms. The molecule has 0 spiro atoms. The van der Waals surface area contributed by atoms with E-state index in [2.05, 4.69) is 9.97 Å². The summed E-state index contributed by atoms with van der Waals surface area (Å²) in [5, 5.41) is 0. The van der Waals surface area contributed by atoms with Gasteiger partial charge in [-0.3, -0.25) is 0 Å². The number of halogens is 1. The van der Waals surface area contributed by atoms with Gasteiger partial charge in [0.05, 0.1) is 27.1 Å². The fourth-order valence-electron chi connectivity index (χ4n) is 1.90. The third kappa shape index (κ3) is 2.56. The van der Waals surface area contributed by atoms with E-state index >= 15 is 0 Å². The van der Waals surface area contributed by atoms with Crippen LogP contribution >= 0.6 is 22.9 Å². The molecule has 2 heterocycles. The predicted molar refractivity (Wildman–Crippen MR) is 79.4 cm³/mol. The number of nitrogens with zero attached hydrogens (tertiary/aromatic N) is 1. The van der Waals surface area contributed by atoms with Crippen molar-refractivity contribution in [2.75, 3.05) is 0 Å². The van der Waals surface area contributed by atoms with E-state index in [1.807, 2.05) is 42.5 Å². The van der Waals surface area contributed by atoms with Crippen molar-refractivity contribution in [3.05, 3.63) is 64.4 Å². The minimum Gasteiger partial charge on any atom is -0.340 e. The second-order valence-electron chi connectivity index (χ2n) is 4.17. The van der Waals surface area contributed by atoms with Crippen LogP contribution in [0.5, 0.6) is 0 Å².